The summed E-state index contributed by atoms with van der Waals surface area (Å²) in [4.78, 5) is 16.5. The Morgan fingerprint density at radius 1 is 1.39 bits per heavy atom. The first kappa shape index (κ1) is 14.0. The van der Waals surface area contributed by atoms with Crippen LogP contribution in [-0.4, -0.2) is 28.9 Å². The van der Waals surface area contributed by atoms with Crippen LogP contribution in [0.1, 0.15) is 19.4 Å². The lowest BCUT2D eigenvalue weighted by Gasteiger charge is -2.19. The zero-order valence-corrected chi connectivity index (χ0v) is 10.7. The standard InChI is InChI=1S/C12H18N4O2/c1-3-15(4-2)12(13)14-9-10-7-5-6-8-11(10)16(17)18/h5-8H,3-4,9H2,1-2H3,(H2,13,14). The molecule has 0 saturated heterocycles. The Morgan fingerprint density at radius 2 is 2.00 bits per heavy atom. The highest BCUT2D eigenvalue weighted by atomic mass is 16.6. The lowest BCUT2D eigenvalue weighted by molar-refractivity contribution is -0.385. The predicted octanol–water partition coefficient (Wildman–Crippen LogP) is 1.75. The largest absolute Gasteiger partial charge is 0.370 e. The maximum atomic E-state index is 10.8. The molecule has 1 rings (SSSR count). The second kappa shape index (κ2) is 6.58. The minimum absolute atomic E-state index is 0.0774. The number of para-hydroxylation sites is 1. The smallest absolute Gasteiger partial charge is 0.274 e. The van der Waals surface area contributed by atoms with Gasteiger partial charge in [0.05, 0.1) is 17.0 Å². The van der Waals surface area contributed by atoms with E-state index in [-0.39, 0.29) is 12.2 Å². The predicted molar refractivity (Wildman–Crippen MR) is 71.3 cm³/mol. The van der Waals surface area contributed by atoms with Crippen LogP contribution in [0.3, 0.4) is 0 Å². The van der Waals surface area contributed by atoms with Crippen molar-refractivity contribution in [2.24, 2.45) is 10.7 Å². The Kier molecular flexibility index (Phi) is 5.10. The zero-order chi connectivity index (χ0) is 13.5. The number of nitro benzene ring substituents is 1. The number of guanidine groups is 1. The fraction of sp³-hybridized carbons (Fsp3) is 0.417. The quantitative estimate of drug-likeness (QED) is 0.373. The van der Waals surface area contributed by atoms with Gasteiger partial charge in [-0.15, -0.1) is 0 Å². The van der Waals surface area contributed by atoms with Gasteiger partial charge in [-0.25, -0.2) is 4.99 Å². The summed E-state index contributed by atoms with van der Waals surface area (Å²) in [6.45, 7) is 5.72. The number of rotatable bonds is 5. The minimum Gasteiger partial charge on any atom is -0.370 e. The Hall–Kier alpha value is -2.11. The topological polar surface area (TPSA) is 84.8 Å². The second-order valence-electron chi connectivity index (χ2n) is 3.73. The molecule has 6 nitrogen and oxygen atoms in total. The van der Waals surface area contributed by atoms with E-state index in [4.69, 9.17) is 5.73 Å². The minimum atomic E-state index is -0.404. The van der Waals surface area contributed by atoms with Crippen LogP contribution in [0.2, 0.25) is 0 Å². The van der Waals surface area contributed by atoms with Gasteiger partial charge in [0.2, 0.25) is 0 Å². The van der Waals surface area contributed by atoms with Crippen molar-refractivity contribution in [1.82, 2.24) is 4.90 Å². The molecule has 18 heavy (non-hydrogen) atoms. The van der Waals surface area contributed by atoms with Gasteiger partial charge in [0.1, 0.15) is 0 Å². The summed E-state index contributed by atoms with van der Waals surface area (Å²) in [5, 5.41) is 10.8. The molecule has 6 heteroatoms. The van der Waals surface area contributed by atoms with Crippen LogP contribution < -0.4 is 5.73 Å². The van der Waals surface area contributed by atoms with Crippen LogP contribution in [0.25, 0.3) is 0 Å². The van der Waals surface area contributed by atoms with Gasteiger partial charge in [0.25, 0.3) is 5.69 Å². The SMILES string of the molecule is CCN(CC)C(N)=NCc1ccccc1[N+](=O)[O-]. The summed E-state index contributed by atoms with van der Waals surface area (Å²) in [7, 11) is 0. The summed E-state index contributed by atoms with van der Waals surface area (Å²) in [6.07, 6.45) is 0. The average Bonchev–Trinajstić information content (AvgIpc) is 2.38. The third-order valence-electron chi connectivity index (χ3n) is 2.69. The highest BCUT2D eigenvalue weighted by Crippen LogP contribution is 2.18. The summed E-state index contributed by atoms with van der Waals surface area (Å²) in [5.74, 6) is 0.415. The van der Waals surface area contributed by atoms with Crippen molar-refractivity contribution < 1.29 is 4.92 Å². The van der Waals surface area contributed by atoms with E-state index >= 15 is 0 Å². The van der Waals surface area contributed by atoms with Crippen LogP contribution in [0, 0.1) is 10.1 Å². The number of nitro groups is 1. The van der Waals surface area contributed by atoms with Crippen LogP contribution in [0.15, 0.2) is 29.3 Å². The Balaban J connectivity index is 2.85. The summed E-state index contributed by atoms with van der Waals surface area (Å²) < 4.78 is 0. The third-order valence-corrected chi connectivity index (χ3v) is 2.69. The van der Waals surface area contributed by atoms with Crippen LogP contribution >= 0.6 is 0 Å². The van der Waals surface area contributed by atoms with Gasteiger partial charge in [-0.1, -0.05) is 18.2 Å². The summed E-state index contributed by atoms with van der Waals surface area (Å²) >= 11 is 0. The number of hydrogen-bond donors (Lipinski definition) is 1. The van der Waals surface area contributed by atoms with Gasteiger partial charge in [-0.05, 0) is 13.8 Å². The van der Waals surface area contributed by atoms with E-state index in [1.807, 2.05) is 18.7 Å². The van der Waals surface area contributed by atoms with Gasteiger partial charge in [-0.2, -0.15) is 0 Å². The molecule has 0 heterocycles. The van der Waals surface area contributed by atoms with Gasteiger partial charge in [-0.3, -0.25) is 10.1 Å². The molecule has 1 aromatic rings. The first-order chi connectivity index (χ1) is 8.60. The molecule has 0 bridgehead atoms. The highest BCUT2D eigenvalue weighted by Gasteiger charge is 2.12. The normalized spacial score (nSPS) is 11.3. The van der Waals surface area contributed by atoms with E-state index in [1.54, 1.807) is 18.2 Å². The van der Waals surface area contributed by atoms with Gasteiger partial charge in [0.15, 0.2) is 5.96 Å². The molecule has 98 valence electrons. The van der Waals surface area contributed by atoms with E-state index in [2.05, 4.69) is 4.99 Å². The molecule has 1 aromatic carbocycles. The van der Waals surface area contributed by atoms with Gasteiger partial charge < -0.3 is 10.6 Å². The molecule has 0 aromatic heterocycles. The molecule has 0 amide bonds. The molecule has 0 spiro atoms. The molecular formula is C12H18N4O2. The second-order valence-corrected chi connectivity index (χ2v) is 3.73. The number of hydrogen-bond acceptors (Lipinski definition) is 3. The van der Waals surface area contributed by atoms with E-state index in [0.717, 1.165) is 13.1 Å². The first-order valence-electron chi connectivity index (χ1n) is 5.87. The summed E-state index contributed by atoms with van der Waals surface area (Å²) in [6, 6.07) is 6.56. The highest BCUT2D eigenvalue weighted by molar-refractivity contribution is 5.78. The molecule has 0 saturated carbocycles. The van der Waals surface area contributed by atoms with Crippen molar-refractivity contribution in [1.29, 1.82) is 0 Å². The fourth-order valence-electron chi connectivity index (χ4n) is 1.64. The van der Waals surface area contributed by atoms with Crippen LogP contribution in [0.4, 0.5) is 5.69 Å². The Labute approximate surface area is 106 Å². The molecule has 0 radical (unpaired) electrons. The average molecular weight is 250 g/mol. The molecule has 0 aliphatic carbocycles. The van der Waals surface area contributed by atoms with Crippen molar-refractivity contribution in [3.05, 3.63) is 39.9 Å². The van der Waals surface area contributed by atoms with Gasteiger partial charge in [0, 0.05) is 19.2 Å². The van der Waals surface area contributed by atoms with Crippen molar-refractivity contribution in [3.63, 3.8) is 0 Å². The molecular weight excluding hydrogens is 232 g/mol. The van der Waals surface area contributed by atoms with E-state index in [9.17, 15) is 10.1 Å². The monoisotopic (exact) mass is 250 g/mol. The number of aliphatic imine (C=N–C) groups is 1. The van der Waals surface area contributed by atoms with Crippen LogP contribution in [0.5, 0.6) is 0 Å². The van der Waals surface area contributed by atoms with E-state index < -0.39 is 4.92 Å². The number of nitrogens with two attached hydrogens (primary N) is 1. The molecule has 0 aliphatic heterocycles. The molecule has 0 fully saturated rings. The van der Waals surface area contributed by atoms with Crippen molar-refractivity contribution >= 4 is 11.6 Å². The molecule has 0 atom stereocenters. The first-order valence-corrected chi connectivity index (χ1v) is 5.87. The molecule has 0 aliphatic rings. The summed E-state index contributed by atoms with van der Waals surface area (Å²) in [5.41, 5.74) is 6.46. The number of benzene rings is 1. The molecule has 2 N–H and O–H groups in total. The maximum Gasteiger partial charge on any atom is 0.274 e. The van der Waals surface area contributed by atoms with Crippen molar-refractivity contribution in [2.75, 3.05) is 13.1 Å². The maximum absolute atomic E-state index is 10.8. The zero-order valence-electron chi connectivity index (χ0n) is 10.7. The lowest BCUT2D eigenvalue weighted by atomic mass is 10.2. The Morgan fingerprint density at radius 3 is 2.56 bits per heavy atom. The molecule has 0 unspecified atom stereocenters. The van der Waals surface area contributed by atoms with Gasteiger partial charge >= 0.3 is 0 Å². The Bertz CT molecular complexity index is 441. The van der Waals surface area contributed by atoms with Crippen molar-refractivity contribution in [3.8, 4) is 0 Å². The van der Waals surface area contributed by atoms with Crippen LogP contribution in [-0.2, 0) is 6.54 Å². The third kappa shape index (κ3) is 3.44. The lowest BCUT2D eigenvalue weighted by Crippen LogP contribution is -2.37. The number of nitrogens with zero attached hydrogens (tertiary/aromatic N) is 3. The van der Waals surface area contributed by atoms with E-state index in [0.29, 0.717) is 11.5 Å². The van der Waals surface area contributed by atoms with Crippen molar-refractivity contribution in [2.45, 2.75) is 20.4 Å². The van der Waals surface area contributed by atoms with E-state index in [1.165, 1.54) is 6.07 Å². The fourth-order valence-corrected chi connectivity index (χ4v) is 1.64.